The average molecular weight is 683 g/mol. The number of hydrogen-bond donors (Lipinski definition) is 5. The number of aryl methyl sites for hydroxylation is 1. The zero-order chi connectivity index (χ0) is 34.6. The van der Waals surface area contributed by atoms with E-state index in [4.69, 9.17) is 42.4 Å². The maximum Gasteiger partial charge on any atom is 0.290 e. The van der Waals surface area contributed by atoms with Gasteiger partial charge in [0.15, 0.2) is 0 Å². The minimum Gasteiger partial charge on any atom is -0.483 e. The van der Waals surface area contributed by atoms with Gasteiger partial charge in [-0.1, -0.05) is 11.6 Å². The van der Waals surface area contributed by atoms with Crippen molar-refractivity contribution < 1.29 is 28.6 Å². The van der Waals surface area contributed by atoms with Crippen LogP contribution >= 0.6 is 11.6 Å². The fourth-order valence-electron chi connectivity index (χ4n) is 5.33. The van der Waals surface area contributed by atoms with Gasteiger partial charge in [-0.05, 0) is 62.4 Å². The molecule has 1 fully saturated rings. The maximum atomic E-state index is 14.0. The van der Waals surface area contributed by atoms with Crippen molar-refractivity contribution in [3.63, 3.8) is 0 Å². The third kappa shape index (κ3) is 9.47. The van der Waals surface area contributed by atoms with Crippen LogP contribution < -0.4 is 22.1 Å². The molecule has 1 saturated carbocycles. The normalized spacial score (nSPS) is 16.2. The Morgan fingerprint density at radius 1 is 1.19 bits per heavy atom. The number of halogens is 2. The number of amidine groups is 1. The van der Waals surface area contributed by atoms with Crippen LogP contribution in [-0.2, 0) is 14.3 Å². The number of anilines is 1. The van der Waals surface area contributed by atoms with E-state index in [0.29, 0.717) is 37.6 Å². The Hall–Kier alpha value is -4.63. The molecule has 3 heterocycles. The molecule has 1 aliphatic rings. The van der Waals surface area contributed by atoms with Gasteiger partial charge in [-0.2, -0.15) is 5.10 Å². The number of pyridine rings is 1. The first-order valence-electron chi connectivity index (χ1n) is 15.4. The molecule has 256 valence electrons. The zero-order valence-corrected chi connectivity index (χ0v) is 27.5. The zero-order valence-electron chi connectivity index (χ0n) is 26.8. The SMILES string of the molecule is COCCOCCNC(=O)c1cc(C)c(-c2cc3c(N[C@H]4CC[C@H](N)CC4)c(C(N)=Nc4cc(F)ccc4Cl)cnn3c2)cn1.O=CO. The van der Waals surface area contributed by atoms with Gasteiger partial charge in [-0.25, -0.2) is 13.9 Å². The van der Waals surface area contributed by atoms with Crippen molar-refractivity contribution in [2.75, 3.05) is 38.8 Å². The molecule has 0 spiro atoms. The summed E-state index contributed by atoms with van der Waals surface area (Å²) in [4.78, 5) is 29.9. The summed E-state index contributed by atoms with van der Waals surface area (Å²) >= 11 is 6.28. The number of carbonyl (C=O) groups is 2. The number of amides is 1. The Kier molecular flexibility index (Phi) is 13.2. The number of methoxy groups -OCH3 is 1. The molecule has 0 aliphatic heterocycles. The number of nitrogens with two attached hydrogens (primary N) is 2. The lowest BCUT2D eigenvalue weighted by Gasteiger charge is -2.28. The Morgan fingerprint density at radius 2 is 1.94 bits per heavy atom. The van der Waals surface area contributed by atoms with Crippen LogP contribution in [0.2, 0.25) is 5.02 Å². The van der Waals surface area contributed by atoms with Crippen molar-refractivity contribution >= 4 is 46.7 Å². The van der Waals surface area contributed by atoms with Crippen LogP contribution in [0.1, 0.15) is 47.3 Å². The molecule has 4 aromatic rings. The number of aromatic nitrogens is 3. The highest BCUT2D eigenvalue weighted by molar-refractivity contribution is 6.33. The van der Waals surface area contributed by atoms with Gasteiger partial charge in [0.05, 0.1) is 53.5 Å². The number of carboxylic acid groups (broad SMARTS) is 1. The molecular formula is C33H40ClFN8O5. The number of hydrogen-bond acceptors (Lipinski definition) is 9. The highest BCUT2D eigenvalue weighted by Crippen LogP contribution is 2.33. The van der Waals surface area contributed by atoms with E-state index < -0.39 is 5.82 Å². The molecule has 0 radical (unpaired) electrons. The quantitative estimate of drug-likeness (QED) is 0.0623. The highest BCUT2D eigenvalue weighted by atomic mass is 35.5. The van der Waals surface area contributed by atoms with Gasteiger partial charge in [-0.15, -0.1) is 0 Å². The molecule has 48 heavy (non-hydrogen) atoms. The lowest BCUT2D eigenvalue weighted by Crippen LogP contribution is -2.33. The Bertz CT molecular complexity index is 1740. The van der Waals surface area contributed by atoms with Crippen molar-refractivity contribution in [1.29, 1.82) is 0 Å². The predicted molar refractivity (Wildman–Crippen MR) is 183 cm³/mol. The van der Waals surface area contributed by atoms with Crippen LogP contribution in [-0.4, -0.2) is 83.5 Å². The number of rotatable bonds is 12. The number of ether oxygens (including phenoxy) is 2. The number of benzene rings is 1. The van der Waals surface area contributed by atoms with Gasteiger partial charge in [0.2, 0.25) is 0 Å². The molecule has 3 aromatic heterocycles. The van der Waals surface area contributed by atoms with Gasteiger partial charge in [0.1, 0.15) is 17.3 Å². The predicted octanol–water partition coefficient (Wildman–Crippen LogP) is 4.31. The summed E-state index contributed by atoms with van der Waals surface area (Å²) in [6.07, 6.45) is 8.86. The summed E-state index contributed by atoms with van der Waals surface area (Å²) in [6.45, 7) is 3.39. The standard InChI is InChI=1S/C32H38ClFN8O3.CH2O2/c1-19-13-28(32(43)37-9-10-45-12-11-44-2)38-16-24(19)20-14-29-30(40-23-6-4-22(35)5-7-23)25(17-39-42(29)18-20)31(36)41-27-15-21(34)3-8-26(27)33;2-1-3/h3,8,13-18,22-23,40H,4-7,9-12,35H2,1-2H3,(H2,36,41)(H,37,43);1H,(H,2,3)/t22-,23-;. The van der Waals surface area contributed by atoms with E-state index in [1.807, 2.05) is 19.2 Å². The van der Waals surface area contributed by atoms with Crippen molar-refractivity contribution in [1.82, 2.24) is 19.9 Å². The van der Waals surface area contributed by atoms with E-state index >= 15 is 0 Å². The summed E-state index contributed by atoms with van der Waals surface area (Å²) in [7, 11) is 1.61. The van der Waals surface area contributed by atoms with Gasteiger partial charge in [0.25, 0.3) is 12.4 Å². The molecular weight excluding hydrogens is 643 g/mol. The molecule has 5 rings (SSSR count). The molecule has 7 N–H and O–H groups in total. The van der Waals surface area contributed by atoms with E-state index in [1.165, 1.54) is 18.2 Å². The highest BCUT2D eigenvalue weighted by Gasteiger charge is 2.23. The second-order valence-corrected chi connectivity index (χ2v) is 11.6. The minimum absolute atomic E-state index is 0.146. The van der Waals surface area contributed by atoms with Crippen molar-refractivity contribution in [2.45, 2.75) is 44.7 Å². The van der Waals surface area contributed by atoms with E-state index in [-0.39, 0.29) is 41.0 Å². The lowest BCUT2D eigenvalue weighted by atomic mass is 9.91. The third-order valence-electron chi connectivity index (χ3n) is 7.80. The fraction of sp³-hybridized carbons (Fsp3) is 0.364. The molecule has 0 unspecified atom stereocenters. The number of aliphatic imine (C=N–C) groups is 1. The minimum atomic E-state index is -0.466. The lowest BCUT2D eigenvalue weighted by molar-refractivity contribution is -0.122. The Balaban J connectivity index is 0.00000167. The van der Waals surface area contributed by atoms with Crippen LogP contribution in [0.5, 0.6) is 0 Å². The largest absolute Gasteiger partial charge is 0.483 e. The van der Waals surface area contributed by atoms with Crippen molar-refractivity contribution in [3.8, 4) is 11.1 Å². The van der Waals surface area contributed by atoms with Crippen molar-refractivity contribution in [3.05, 3.63) is 76.6 Å². The fourth-order valence-corrected chi connectivity index (χ4v) is 5.49. The number of fused-ring (bicyclic) bond motifs is 1. The van der Waals surface area contributed by atoms with Crippen molar-refractivity contribution in [2.24, 2.45) is 16.5 Å². The number of nitrogens with zero attached hydrogens (tertiary/aromatic N) is 4. The maximum absolute atomic E-state index is 14.0. The first-order chi connectivity index (χ1) is 23.1. The Labute approximate surface area is 282 Å². The van der Waals surface area contributed by atoms with E-state index in [0.717, 1.165) is 53.6 Å². The number of nitrogens with one attached hydrogen (secondary N) is 2. The summed E-state index contributed by atoms with van der Waals surface area (Å²) in [5.41, 5.74) is 17.9. The van der Waals surface area contributed by atoms with Gasteiger partial charge >= 0.3 is 0 Å². The first-order valence-corrected chi connectivity index (χ1v) is 15.8. The average Bonchev–Trinajstić information content (AvgIpc) is 3.50. The van der Waals surface area contributed by atoms with Gasteiger partial charge < -0.3 is 36.7 Å². The topological polar surface area (TPSA) is 191 Å². The molecule has 0 bridgehead atoms. The molecule has 0 saturated heterocycles. The van der Waals surface area contributed by atoms with Crippen LogP contribution in [0.15, 0.2) is 53.9 Å². The summed E-state index contributed by atoms with van der Waals surface area (Å²) in [5, 5.41) is 18.3. The van der Waals surface area contributed by atoms with Crippen LogP contribution in [0.25, 0.3) is 16.6 Å². The Morgan fingerprint density at radius 3 is 2.65 bits per heavy atom. The smallest absolute Gasteiger partial charge is 0.290 e. The second kappa shape index (κ2) is 17.5. The monoisotopic (exact) mass is 682 g/mol. The summed E-state index contributed by atoms with van der Waals surface area (Å²) in [6, 6.07) is 8.07. The molecule has 1 aromatic carbocycles. The molecule has 13 nitrogen and oxygen atoms in total. The first kappa shape index (κ1) is 36.2. The van der Waals surface area contributed by atoms with Gasteiger partial charge in [0, 0.05) is 55.3 Å². The second-order valence-electron chi connectivity index (χ2n) is 11.2. The molecule has 0 atom stereocenters. The molecule has 15 heteroatoms. The third-order valence-corrected chi connectivity index (χ3v) is 8.12. The van der Waals surface area contributed by atoms with Crippen LogP contribution in [0.3, 0.4) is 0 Å². The number of carbonyl (C=O) groups excluding carboxylic acids is 1. The summed E-state index contributed by atoms with van der Waals surface area (Å²) < 4.78 is 26.1. The van der Waals surface area contributed by atoms with E-state index in [9.17, 15) is 9.18 Å². The molecule has 1 aliphatic carbocycles. The van der Waals surface area contributed by atoms with Crippen LogP contribution in [0, 0.1) is 12.7 Å². The van der Waals surface area contributed by atoms with E-state index in [2.05, 4.69) is 25.7 Å². The molecule has 1 amide bonds. The van der Waals surface area contributed by atoms with Crippen LogP contribution in [0.4, 0.5) is 15.8 Å². The summed E-state index contributed by atoms with van der Waals surface area (Å²) in [5.74, 6) is -0.597. The van der Waals surface area contributed by atoms with Gasteiger partial charge in [-0.3, -0.25) is 14.6 Å². The van der Waals surface area contributed by atoms with E-state index in [1.54, 1.807) is 30.1 Å².